The minimum atomic E-state index is -0.652. The van der Waals surface area contributed by atoms with Crippen molar-refractivity contribution in [2.75, 3.05) is 0 Å². The van der Waals surface area contributed by atoms with Crippen LogP contribution in [0.25, 0.3) is 0 Å². The summed E-state index contributed by atoms with van der Waals surface area (Å²) in [6.45, 7) is 0. The Morgan fingerprint density at radius 2 is 1.88 bits per heavy atom. The maximum atomic E-state index is 13.0. The Hall–Kier alpha value is -1.82. The Morgan fingerprint density at radius 3 is 2.38 bits per heavy atom. The number of hydrogen-bond acceptors (Lipinski definition) is 3. The van der Waals surface area contributed by atoms with Crippen LogP contribution in [-0.4, -0.2) is 15.0 Å². The van der Waals surface area contributed by atoms with Gasteiger partial charge in [-0.1, -0.05) is 5.21 Å². The normalized spacial score (nSPS) is 12.8. The van der Waals surface area contributed by atoms with Gasteiger partial charge in [0.15, 0.2) is 0 Å². The Kier molecular flexibility index (Phi) is 2.66. The van der Waals surface area contributed by atoms with E-state index in [9.17, 15) is 8.78 Å². The number of aromatic nitrogens is 3. The zero-order valence-corrected chi connectivity index (χ0v) is 8.56. The molecular formula is C10H10F2N4. The van der Waals surface area contributed by atoms with Gasteiger partial charge in [0.1, 0.15) is 11.6 Å². The van der Waals surface area contributed by atoms with Crippen LogP contribution < -0.4 is 5.73 Å². The standard InChI is InChI=1S/C10H10F2N4/c1-16-9(5-14-15-16)10(13)6-2-7(11)4-8(12)3-6/h2-5,10H,13H2,1H3. The molecule has 2 N–H and O–H groups in total. The first kappa shape index (κ1) is 10.7. The number of hydrogen-bond donors (Lipinski definition) is 1. The highest BCUT2D eigenvalue weighted by molar-refractivity contribution is 5.27. The first-order chi connectivity index (χ1) is 7.58. The van der Waals surface area contributed by atoms with Gasteiger partial charge in [0.2, 0.25) is 0 Å². The SMILES string of the molecule is Cn1nncc1C(N)c1cc(F)cc(F)c1. The van der Waals surface area contributed by atoms with E-state index < -0.39 is 17.7 Å². The van der Waals surface area contributed by atoms with Crippen molar-refractivity contribution < 1.29 is 8.78 Å². The molecule has 0 fully saturated rings. The van der Waals surface area contributed by atoms with E-state index in [1.807, 2.05) is 0 Å². The van der Waals surface area contributed by atoms with Crippen LogP contribution in [0.4, 0.5) is 8.78 Å². The number of nitrogens with zero attached hydrogens (tertiary/aromatic N) is 3. The molecule has 0 spiro atoms. The topological polar surface area (TPSA) is 56.7 Å². The fourth-order valence-corrected chi connectivity index (χ4v) is 1.50. The first-order valence-corrected chi connectivity index (χ1v) is 4.64. The summed E-state index contributed by atoms with van der Waals surface area (Å²) in [6, 6.07) is 2.55. The number of rotatable bonds is 2. The summed E-state index contributed by atoms with van der Waals surface area (Å²) in [4.78, 5) is 0. The number of halogens is 2. The van der Waals surface area contributed by atoms with Crippen LogP contribution in [0.3, 0.4) is 0 Å². The lowest BCUT2D eigenvalue weighted by Crippen LogP contribution is -2.16. The highest BCUT2D eigenvalue weighted by Gasteiger charge is 2.15. The van der Waals surface area contributed by atoms with E-state index in [4.69, 9.17) is 5.73 Å². The van der Waals surface area contributed by atoms with Gasteiger partial charge >= 0.3 is 0 Å². The summed E-state index contributed by atoms with van der Waals surface area (Å²) >= 11 is 0. The quantitative estimate of drug-likeness (QED) is 0.832. The van der Waals surface area contributed by atoms with Crippen LogP contribution in [0.2, 0.25) is 0 Å². The molecule has 0 aliphatic rings. The molecule has 0 bridgehead atoms. The number of aryl methyl sites for hydroxylation is 1. The van der Waals surface area contributed by atoms with E-state index in [0.717, 1.165) is 6.07 Å². The van der Waals surface area contributed by atoms with Crippen molar-refractivity contribution in [2.45, 2.75) is 6.04 Å². The fourth-order valence-electron chi connectivity index (χ4n) is 1.50. The summed E-state index contributed by atoms with van der Waals surface area (Å²) < 4.78 is 27.5. The van der Waals surface area contributed by atoms with E-state index in [1.165, 1.54) is 23.0 Å². The molecule has 0 saturated carbocycles. The predicted octanol–water partition coefficient (Wildman–Crippen LogP) is 1.14. The average molecular weight is 224 g/mol. The molecule has 2 rings (SSSR count). The molecular weight excluding hydrogens is 214 g/mol. The largest absolute Gasteiger partial charge is 0.319 e. The van der Waals surface area contributed by atoms with Crippen LogP contribution in [0.5, 0.6) is 0 Å². The van der Waals surface area contributed by atoms with Gasteiger partial charge in [0.25, 0.3) is 0 Å². The summed E-state index contributed by atoms with van der Waals surface area (Å²) in [7, 11) is 1.66. The van der Waals surface area contributed by atoms with Gasteiger partial charge in [-0.3, -0.25) is 4.68 Å². The maximum absolute atomic E-state index is 13.0. The molecule has 1 unspecified atom stereocenters. The van der Waals surface area contributed by atoms with Crippen molar-refractivity contribution in [3.05, 3.63) is 47.3 Å². The second-order valence-corrected chi connectivity index (χ2v) is 3.46. The minimum Gasteiger partial charge on any atom is -0.319 e. The van der Waals surface area contributed by atoms with Crippen molar-refractivity contribution >= 4 is 0 Å². The molecule has 1 atom stereocenters. The summed E-state index contributed by atoms with van der Waals surface area (Å²) in [5, 5.41) is 7.37. The highest BCUT2D eigenvalue weighted by Crippen LogP contribution is 2.19. The second-order valence-electron chi connectivity index (χ2n) is 3.46. The third-order valence-corrected chi connectivity index (χ3v) is 2.31. The minimum absolute atomic E-state index is 0.350. The molecule has 1 aromatic heterocycles. The van der Waals surface area contributed by atoms with E-state index in [1.54, 1.807) is 7.05 Å². The van der Waals surface area contributed by atoms with Gasteiger partial charge in [-0.05, 0) is 17.7 Å². The molecule has 0 amide bonds. The Balaban J connectivity index is 2.41. The van der Waals surface area contributed by atoms with Crippen molar-refractivity contribution in [1.29, 1.82) is 0 Å². The van der Waals surface area contributed by atoms with Gasteiger partial charge in [0, 0.05) is 13.1 Å². The molecule has 84 valence electrons. The average Bonchev–Trinajstić information content (AvgIpc) is 2.62. The van der Waals surface area contributed by atoms with Gasteiger partial charge < -0.3 is 5.73 Å². The molecule has 4 nitrogen and oxygen atoms in total. The summed E-state index contributed by atoms with van der Waals surface area (Å²) in [6.07, 6.45) is 1.47. The Morgan fingerprint density at radius 1 is 1.25 bits per heavy atom. The van der Waals surface area contributed by atoms with E-state index >= 15 is 0 Å². The van der Waals surface area contributed by atoms with Crippen LogP contribution in [-0.2, 0) is 7.05 Å². The van der Waals surface area contributed by atoms with Crippen molar-refractivity contribution in [3.8, 4) is 0 Å². The summed E-state index contributed by atoms with van der Waals surface area (Å²) in [5.41, 5.74) is 6.80. The van der Waals surface area contributed by atoms with Gasteiger partial charge in [-0.15, -0.1) is 5.10 Å². The lowest BCUT2D eigenvalue weighted by Gasteiger charge is -2.11. The zero-order chi connectivity index (χ0) is 11.7. The van der Waals surface area contributed by atoms with Crippen LogP contribution >= 0.6 is 0 Å². The van der Waals surface area contributed by atoms with E-state index in [0.29, 0.717) is 11.3 Å². The molecule has 0 aliphatic carbocycles. The van der Waals surface area contributed by atoms with Crippen molar-refractivity contribution in [1.82, 2.24) is 15.0 Å². The number of nitrogens with two attached hydrogens (primary N) is 1. The first-order valence-electron chi connectivity index (χ1n) is 4.64. The number of benzene rings is 1. The van der Waals surface area contributed by atoms with Crippen LogP contribution in [0.15, 0.2) is 24.4 Å². The molecule has 2 aromatic rings. The molecule has 1 aromatic carbocycles. The lowest BCUT2D eigenvalue weighted by molar-refractivity contribution is 0.574. The van der Waals surface area contributed by atoms with Gasteiger partial charge in [-0.25, -0.2) is 8.78 Å². The molecule has 0 aliphatic heterocycles. The predicted molar refractivity (Wildman–Crippen MR) is 53.4 cm³/mol. The third-order valence-electron chi connectivity index (χ3n) is 2.31. The molecule has 0 radical (unpaired) electrons. The Labute approximate surface area is 90.7 Å². The van der Waals surface area contributed by atoms with Gasteiger partial charge in [0.05, 0.1) is 17.9 Å². The van der Waals surface area contributed by atoms with Crippen LogP contribution in [0, 0.1) is 11.6 Å². The fraction of sp³-hybridized carbons (Fsp3) is 0.200. The van der Waals surface area contributed by atoms with Crippen LogP contribution in [0.1, 0.15) is 17.3 Å². The summed E-state index contributed by atoms with van der Waals surface area (Å²) in [5.74, 6) is -1.30. The van der Waals surface area contributed by atoms with E-state index in [-0.39, 0.29) is 0 Å². The smallest absolute Gasteiger partial charge is 0.126 e. The molecule has 16 heavy (non-hydrogen) atoms. The molecule has 1 heterocycles. The zero-order valence-electron chi connectivity index (χ0n) is 8.56. The third kappa shape index (κ3) is 1.92. The highest BCUT2D eigenvalue weighted by atomic mass is 19.1. The van der Waals surface area contributed by atoms with Crippen molar-refractivity contribution in [2.24, 2.45) is 12.8 Å². The van der Waals surface area contributed by atoms with Crippen molar-refractivity contribution in [3.63, 3.8) is 0 Å². The molecule has 6 heteroatoms. The van der Waals surface area contributed by atoms with E-state index in [2.05, 4.69) is 10.3 Å². The lowest BCUT2D eigenvalue weighted by atomic mass is 10.0. The molecule has 0 saturated heterocycles. The maximum Gasteiger partial charge on any atom is 0.126 e. The monoisotopic (exact) mass is 224 g/mol. The second kappa shape index (κ2) is 3.97. The Bertz CT molecular complexity index is 489. The van der Waals surface area contributed by atoms with Gasteiger partial charge in [-0.2, -0.15) is 0 Å².